The van der Waals surface area contributed by atoms with E-state index in [0.717, 1.165) is 25.7 Å². The average molecular weight is 325 g/mol. The molecule has 0 amide bonds. The zero-order valence-corrected chi connectivity index (χ0v) is 12.6. The van der Waals surface area contributed by atoms with Crippen LogP contribution < -0.4 is 4.90 Å². The normalized spacial score (nSPS) is 17.6. The first-order chi connectivity index (χ1) is 10.9. The van der Waals surface area contributed by atoms with Crippen molar-refractivity contribution in [3.63, 3.8) is 0 Å². The lowest BCUT2D eigenvalue weighted by Gasteiger charge is -2.36. The molecular weight excluding hydrogens is 307 g/mol. The van der Waals surface area contributed by atoms with E-state index >= 15 is 0 Å². The highest BCUT2D eigenvalue weighted by molar-refractivity contribution is 5.63. The predicted octanol–water partition coefficient (Wildman–Crippen LogP) is 2.46. The van der Waals surface area contributed by atoms with Crippen molar-refractivity contribution in [3.05, 3.63) is 42.0 Å². The topological polar surface area (TPSA) is 50.5 Å². The minimum absolute atomic E-state index is 0.116. The van der Waals surface area contributed by atoms with Crippen LogP contribution in [0.5, 0.6) is 0 Å². The van der Waals surface area contributed by atoms with Crippen molar-refractivity contribution in [2.45, 2.75) is 12.3 Å². The summed E-state index contributed by atoms with van der Waals surface area (Å²) < 4.78 is 38.3. The third kappa shape index (κ3) is 3.84. The van der Waals surface area contributed by atoms with Gasteiger partial charge in [-0.1, -0.05) is 18.2 Å². The summed E-state index contributed by atoms with van der Waals surface area (Å²) in [6, 6.07) is 6.03. The molecule has 1 aliphatic heterocycles. The molecule has 0 aromatic heterocycles. The third-order valence-electron chi connectivity index (χ3n) is 3.89. The second-order valence-electron chi connectivity index (χ2n) is 5.37. The Balaban J connectivity index is 2.27. The molecule has 1 aromatic carbocycles. The summed E-state index contributed by atoms with van der Waals surface area (Å²) in [4.78, 5) is 4.05. The van der Waals surface area contributed by atoms with Crippen LogP contribution in [0.4, 0.5) is 18.9 Å². The van der Waals surface area contributed by atoms with E-state index in [4.69, 9.17) is 0 Å². The van der Waals surface area contributed by atoms with E-state index in [1.807, 2.05) is 11.0 Å². The van der Waals surface area contributed by atoms with Crippen LogP contribution in [-0.2, 0) is 0 Å². The number of nitrogens with zero attached hydrogens (tertiary/aromatic N) is 3. The average Bonchev–Trinajstić information content (AvgIpc) is 2.53. The van der Waals surface area contributed by atoms with E-state index < -0.39 is 17.8 Å². The fourth-order valence-electron chi connectivity index (χ4n) is 2.70. The van der Waals surface area contributed by atoms with Crippen LogP contribution >= 0.6 is 0 Å². The second kappa shape index (κ2) is 7.02. The lowest BCUT2D eigenvalue weighted by atomic mass is 10.00. The summed E-state index contributed by atoms with van der Waals surface area (Å²) in [5.41, 5.74) is -0.0768. The molecule has 7 heteroatoms. The Hall–Kier alpha value is -2.04. The van der Waals surface area contributed by atoms with Gasteiger partial charge in [0.05, 0.1) is 11.3 Å². The molecular formula is C16H18F3N3O. The summed E-state index contributed by atoms with van der Waals surface area (Å²) in [5, 5.41) is 18.8. The van der Waals surface area contributed by atoms with Crippen LogP contribution in [0.1, 0.15) is 17.2 Å². The highest BCUT2D eigenvalue weighted by Crippen LogP contribution is 2.37. The maximum atomic E-state index is 12.8. The van der Waals surface area contributed by atoms with Gasteiger partial charge in [0.2, 0.25) is 0 Å². The van der Waals surface area contributed by atoms with Crippen LogP contribution in [0.15, 0.2) is 30.9 Å². The molecule has 1 N–H and O–H groups in total. The number of hydrogen-bond acceptors (Lipinski definition) is 4. The van der Waals surface area contributed by atoms with Crippen molar-refractivity contribution in [3.8, 4) is 6.07 Å². The van der Waals surface area contributed by atoms with Gasteiger partial charge in [0.15, 0.2) is 6.10 Å². The number of anilines is 1. The van der Waals surface area contributed by atoms with Crippen molar-refractivity contribution in [1.29, 1.82) is 5.26 Å². The molecule has 124 valence electrons. The monoisotopic (exact) mass is 325 g/mol. The Bertz CT molecular complexity index is 602. The lowest BCUT2D eigenvalue weighted by molar-refractivity contribution is -0.206. The van der Waals surface area contributed by atoms with Crippen molar-refractivity contribution in [2.75, 3.05) is 37.6 Å². The van der Waals surface area contributed by atoms with Gasteiger partial charge >= 0.3 is 6.18 Å². The minimum atomic E-state index is -4.80. The van der Waals surface area contributed by atoms with Gasteiger partial charge in [-0.25, -0.2) is 0 Å². The number of nitriles is 1. The summed E-state index contributed by atoms with van der Waals surface area (Å²) in [7, 11) is 0. The van der Waals surface area contributed by atoms with Crippen molar-refractivity contribution in [2.24, 2.45) is 0 Å². The van der Waals surface area contributed by atoms with E-state index in [-0.39, 0.29) is 5.56 Å². The molecule has 1 unspecified atom stereocenters. The quantitative estimate of drug-likeness (QED) is 0.864. The molecule has 1 aromatic rings. The molecule has 1 aliphatic rings. The SMILES string of the molecule is C=CCN1CCN(c2cccc(C(O)C(F)(F)F)c2C#N)CC1. The second-order valence-corrected chi connectivity index (χ2v) is 5.37. The van der Waals surface area contributed by atoms with Crippen LogP contribution in [0.2, 0.25) is 0 Å². The molecule has 1 heterocycles. The smallest absolute Gasteiger partial charge is 0.379 e. The zero-order chi connectivity index (χ0) is 17.0. The fraction of sp³-hybridized carbons (Fsp3) is 0.438. The van der Waals surface area contributed by atoms with Crippen LogP contribution in [-0.4, -0.2) is 48.9 Å². The summed E-state index contributed by atoms with van der Waals surface area (Å²) >= 11 is 0. The number of piperazine rings is 1. The number of rotatable bonds is 4. The maximum absolute atomic E-state index is 12.8. The zero-order valence-electron chi connectivity index (χ0n) is 12.6. The van der Waals surface area contributed by atoms with Gasteiger partial charge in [0.1, 0.15) is 6.07 Å². The van der Waals surface area contributed by atoms with Crippen LogP contribution in [0, 0.1) is 11.3 Å². The van der Waals surface area contributed by atoms with Gasteiger partial charge in [-0.2, -0.15) is 18.4 Å². The van der Waals surface area contributed by atoms with Gasteiger partial charge in [-0.15, -0.1) is 6.58 Å². The van der Waals surface area contributed by atoms with E-state index in [1.54, 1.807) is 12.1 Å². The molecule has 0 bridgehead atoms. The number of hydrogen-bond donors (Lipinski definition) is 1. The van der Waals surface area contributed by atoms with Crippen LogP contribution in [0.25, 0.3) is 0 Å². The molecule has 1 fully saturated rings. The van der Waals surface area contributed by atoms with E-state index in [9.17, 15) is 23.5 Å². The van der Waals surface area contributed by atoms with Crippen molar-refractivity contribution >= 4 is 5.69 Å². The van der Waals surface area contributed by atoms with Crippen LogP contribution in [0.3, 0.4) is 0 Å². The Labute approximate surface area is 133 Å². The van der Waals surface area contributed by atoms with E-state index in [1.165, 1.54) is 6.07 Å². The maximum Gasteiger partial charge on any atom is 0.418 e. The number of alkyl halides is 3. The molecule has 0 aliphatic carbocycles. The Kier molecular flexibility index (Phi) is 5.29. The van der Waals surface area contributed by atoms with Gasteiger partial charge in [-0.3, -0.25) is 4.90 Å². The molecule has 1 saturated heterocycles. The highest BCUT2D eigenvalue weighted by atomic mass is 19.4. The summed E-state index contributed by atoms with van der Waals surface area (Å²) in [5.74, 6) is 0. The Morgan fingerprint density at radius 1 is 1.30 bits per heavy atom. The largest absolute Gasteiger partial charge is 0.418 e. The number of aliphatic hydroxyl groups excluding tert-OH is 1. The summed E-state index contributed by atoms with van der Waals surface area (Å²) in [6.07, 6.45) is -5.65. The van der Waals surface area contributed by atoms with Gasteiger partial charge in [0, 0.05) is 38.3 Å². The minimum Gasteiger partial charge on any atom is -0.379 e. The van der Waals surface area contributed by atoms with Crippen molar-refractivity contribution in [1.82, 2.24) is 4.90 Å². The first-order valence-corrected chi connectivity index (χ1v) is 7.24. The predicted molar refractivity (Wildman–Crippen MR) is 81.0 cm³/mol. The van der Waals surface area contributed by atoms with Gasteiger partial charge < -0.3 is 10.0 Å². The van der Waals surface area contributed by atoms with Crippen molar-refractivity contribution < 1.29 is 18.3 Å². The lowest BCUT2D eigenvalue weighted by Crippen LogP contribution is -2.46. The van der Waals surface area contributed by atoms with E-state index in [2.05, 4.69) is 11.5 Å². The number of aliphatic hydroxyl groups is 1. The molecule has 23 heavy (non-hydrogen) atoms. The first kappa shape index (κ1) is 17.3. The first-order valence-electron chi connectivity index (χ1n) is 7.24. The van der Waals surface area contributed by atoms with Gasteiger partial charge in [0.25, 0.3) is 0 Å². The molecule has 1 atom stereocenters. The Morgan fingerprint density at radius 3 is 2.48 bits per heavy atom. The molecule has 4 nitrogen and oxygen atoms in total. The molecule has 2 rings (SSSR count). The third-order valence-corrected chi connectivity index (χ3v) is 3.89. The summed E-state index contributed by atoms with van der Waals surface area (Å²) in [6.45, 7) is 7.12. The Morgan fingerprint density at radius 2 is 1.96 bits per heavy atom. The molecule has 0 radical (unpaired) electrons. The number of benzene rings is 1. The van der Waals surface area contributed by atoms with E-state index in [0.29, 0.717) is 18.8 Å². The van der Waals surface area contributed by atoms with Gasteiger partial charge in [-0.05, 0) is 6.07 Å². The molecule has 0 saturated carbocycles. The number of halogens is 3. The fourth-order valence-corrected chi connectivity index (χ4v) is 2.70. The molecule has 0 spiro atoms. The standard InChI is InChI=1S/C16H18F3N3O/c1-2-6-21-7-9-22(10-8-21)14-5-3-4-12(13(14)11-20)15(23)16(17,18)19/h2-5,15,23H,1,6-10H2. The highest BCUT2D eigenvalue weighted by Gasteiger charge is 2.41.